The van der Waals surface area contributed by atoms with Crippen molar-refractivity contribution < 1.29 is 13.2 Å². The summed E-state index contributed by atoms with van der Waals surface area (Å²) in [5.41, 5.74) is -2.89. The number of amidine groups is 1. The number of nitrogens with zero attached hydrogens (tertiary/aromatic N) is 3. The van der Waals surface area contributed by atoms with Crippen molar-refractivity contribution in [2.45, 2.75) is 29.3 Å². The Bertz CT molecular complexity index is 824. The van der Waals surface area contributed by atoms with E-state index in [-0.39, 0.29) is 5.56 Å². The van der Waals surface area contributed by atoms with Gasteiger partial charge in [0.15, 0.2) is 0 Å². The molecule has 0 aliphatic rings. The predicted molar refractivity (Wildman–Crippen MR) is 120 cm³/mol. The van der Waals surface area contributed by atoms with Crippen molar-refractivity contribution in [3.8, 4) is 0 Å². The second kappa shape index (κ2) is 9.56. The van der Waals surface area contributed by atoms with Gasteiger partial charge in [0.1, 0.15) is 11.7 Å². The SMILES string of the molecule is CCCSc1ccccc1/C(=N/C)N(C)c1ccc(C(F)(P)C(F)(F)P)cn1. The molecule has 0 aliphatic heterocycles. The lowest BCUT2D eigenvalue weighted by molar-refractivity contribution is -0.0115. The molecule has 3 nitrogen and oxygen atoms in total. The van der Waals surface area contributed by atoms with Crippen LogP contribution in [0.5, 0.6) is 0 Å². The highest BCUT2D eigenvalue weighted by Crippen LogP contribution is 2.50. The zero-order valence-electron chi connectivity index (χ0n) is 16.0. The molecule has 0 bridgehead atoms. The van der Waals surface area contributed by atoms with Crippen LogP contribution in [0.15, 0.2) is 52.5 Å². The number of aromatic nitrogens is 1. The zero-order chi connectivity index (χ0) is 20.9. The van der Waals surface area contributed by atoms with E-state index in [1.807, 2.05) is 24.3 Å². The molecular weight excluding hydrogens is 421 g/mol. The van der Waals surface area contributed by atoms with Gasteiger partial charge in [-0.1, -0.05) is 49.7 Å². The average Bonchev–Trinajstić information content (AvgIpc) is 2.67. The normalized spacial score (nSPS) is 14.6. The minimum absolute atomic E-state index is 0.219. The third-order valence-corrected chi connectivity index (χ3v) is 6.87. The van der Waals surface area contributed by atoms with Gasteiger partial charge in [-0.25, -0.2) is 9.37 Å². The van der Waals surface area contributed by atoms with Crippen LogP contribution in [0.3, 0.4) is 0 Å². The summed E-state index contributed by atoms with van der Waals surface area (Å²) >= 11 is 1.75. The van der Waals surface area contributed by atoms with Gasteiger partial charge in [-0.2, -0.15) is 8.78 Å². The number of alkyl halides is 3. The van der Waals surface area contributed by atoms with Gasteiger partial charge in [0, 0.05) is 36.3 Å². The molecule has 1 aromatic heterocycles. The van der Waals surface area contributed by atoms with Gasteiger partial charge >= 0.3 is 0 Å². The van der Waals surface area contributed by atoms with Crippen LogP contribution in [-0.2, 0) is 5.41 Å². The van der Waals surface area contributed by atoms with Gasteiger partial charge in [-0.05, 0) is 24.3 Å². The van der Waals surface area contributed by atoms with Crippen LogP contribution < -0.4 is 4.90 Å². The van der Waals surface area contributed by atoms with Gasteiger partial charge < -0.3 is 4.90 Å². The van der Waals surface area contributed by atoms with Crippen LogP contribution in [0, 0.1) is 0 Å². The van der Waals surface area contributed by atoms with Crippen LogP contribution in [0.2, 0.25) is 0 Å². The maximum atomic E-state index is 14.4. The largest absolute Gasteiger partial charge is 0.314 e. The second-order valence-electron chi connectivity index (χ2n) is 6.19. The molecule has 28 heavy (non-hydrogen) atoms. The molecule has 3 unspecified atom stereocenters. The third-order valence-electron chi connectivity index (χ3n) is 4.12. The quantitative estimate of drug-likeness (QED) is 0.242. The van der Waals surface area contributed by atoms with Crippen molar-refractivity contribution in [3.63, 3.8) is 0 Å². The molecule has 0 radical (unpaired) electrons. The minimum Gasteiger partial charge on any atom is -0.314 e. The lowest BCUT2D eigenvalue weighted by atomic mass is 10.1. The fourth-order valence-electron chi connectivity index (χ4n) is 2.54. The Morgan fingerprint density at radius 2 is 1.86 bits per heavy atom. The summed E-state index contributed by atoms with van der Waals surface area (Å²) in [6, 6.07) is 10.8. The van der Waals surface area contributed by atoms with Crippen LogP contribution in [0.4, 0.5) is 19.0 Å². The van der Waals surface area contributed by atoms with Gasteiger partial charge in [-0.3, -0.25) is 4.99 Å². The van der Waals surface area contributed by atoms with E-state index in [4.69, 9.17) is 0 Å². The van der Waals surface area contributed by atoms with Gasteiger partial charge in [0.05, 0.1) is 0 Å². The van der Waals surface area contributed by atoms with E-state index in [0.29, 0.717) is 11.7 Å². The lowest BCUT2D eigenvalue weighted by Crippen LogP contribution is -2.31. The molecular formula is C19H24F3N3P2S. The number of hydrogen-bond donors (Lipinski definition) is 0. The average molecular weight is 445 g/mol. The highest BCUT2D eigenvalue weighted by molar-refractivity contribution is 7.99. The summed E-state index contributed by atoms with van der Waals surface area (Å²) in [5.74, 6) is 2.15. The molecule has 0 amide bonds. The third kappa shape index (κ3) is 5.06. The summed E-state index contributed by atoms with van der Waals surface area (Å²) in [6.07, 6.45) is 2.18. The van der Waals surface area contributed by atoms with E-state index >= 15 is 0 Å². The molecule has 2 rings (SSSR count). The monoisotopic (exact) mass is 445 g/mol. The molecule has 0 aliphatic carbocycles. The topological polar surface area (TPSA) is 28.5 Å². The smallest absolute Gasteiger partial charge is 0.299 e. The number of benzene rings is 1. The Morgan fingerprint density at radius 1 is 1.18 bits per heavy atom. The van der Waals surface area contributed by atoms with Crippen LogP contribution in [0.25, 0.3) is 0 Å². The number of rotatable bonds is 7. The van der Waals surface area contributed by atoms with E-state index in [1.165, 1.54) is 21.4 Å². The van der Waals surface area contributed by atoms with Crippen molar-refractivity contribution in [1.82, 2.24) is 4.98 Å². The van der Waals surface area contributed by atoms with E-state index in [9.17, 15) is 13.2 Å². The van der Waals surface area contributed by atoms with Gasteiger partial charge in [0.25, 0.3) is 5.66 Å². The first-order chi connectivity index (χ1) is 13.1. The summed E-state index contributed by atoms with van der Waals surface area (Å²) in [4.78, 5) is 11.4. The molecule has 1 heterocycles. The van der Waals surface area contributed by atoms with Crippen LogP contribution >= 0.6 is 30.2 Å². The molecule has 0 saturated carbocycles. The first kappa shape index (κ1) is 23.1. The number of hydrogen-bond acceptors (Lipinski definition) is 3. The zero-order valence-corrected chi connectivity index (χ0v) is 19.1. The Balaban J connectivity index is 2.34. The molecule has 0 N–H and O–H groups in total. The van der Waals surface area contributed by atoms with E-state index in [2.05, 4.69) is 16.9 Å². The highest BCUT2D eigenvalue weighted by atomic mass is 32.2. The van der Waals surface area contributed by atoms with Crippen molar-refractivity contribution in [1.29, 1.82) is 0 Å². The maximum Gasteiger partial charge on any atom is 0.299 e. The Kier molecular flexibility index (Phi) is 7.89. The van der Waals surface area contributed by atoms with E-state index in [0.717, 1.165) is 28.8 Å². The van der Waals surface area contributed by atoms with Crippen LogP contribution in [0.1, 0.15) is 24.5 Å². The second-order valence-corrected chi connectivity index (χ2v) is 8.85. The molecule has 0 fully saturated rings. The lowest BCUT2D eigenvalue weighted by Gasteiger charge is -2.27. The number of anilines is 1. The molecule has 2 aromatic rings. The number of halogens is 3. The molecule has 0 saturated heterocycles. The molecule has 3 atom stereocenters. The minimum atomic E-state index is -3.63. The number of pyridine rings is 1. The van der Waals surface area contributed by atoms with Crippen molar-refractivity contribution >= 4 is 41.9 Å². The Hall–Kier alpha value is -1.16. The van der Waals surface area contributed by atoms with E-state index in [1.54, 1.807) is 40.0 Å². The predicted octanol–water partition coefficient (Wildman–Crippen LogP) is 5.56. The number of aliphatic imine (C=N–C) groups is 1. The maximum absolute atomic E-state index is 14.4. The highest BCUT2D eigenvalue weighted by Gasteiger charge is 2.49. The van der Waals surface area contributed by atoms with Crippen LogP contribution in [-0.4, -0.2) is 36.3 Å². The molecule has 152 valence electrons. The Labute approximate surface area is 173 Å². The standard InChI is InChI=1S/C19H24F3N3P2S/c1-4-11-28-15-8-6-5-7-14(15)17(23-2)25(3)16-10-9-13(12-24-16)18(20,26)19(21,22)27/h5-10,12H,4,11,26-27H2,1-3H3/b23-17-. The van der Waals surface area contributed by atoms with Crippen molar-refractivity contribution in [2.75, 3.05) is 24.7 Å². The van der Waals surface area contributed by atoms with E-state index < -0.39 is 11.1 Å². The first-order valence-electron chi connectivity index (χ1n) is 8.67. The molecule has 1 aromatic carbocycles. The Morgan fingerprint density at radius 3 is 2.39 bits per heavy atom. The fourth-order valence-corrected chi connectivity index (χ4v) is 3.79. The van der Waals surface area contributed by atoms with Crippen molar-refractivity contribution in [3.05, 3.63) is 53.7 Å². The van der Waals surface area contributed by atoms with Gasteiger partial charge in [0.2, 0.25) is 5.41 Å². The first-order valence-corrected chi connectivity index (χ1v) is 10.8. The summed E-state index contributed by atoms with van der Waals surface area (Å²) in [6.45, 7) is 2.12. The summed E-state index contributed by atoms with van der Waals surface area (Å²) in [5, 5.41) is -2.91. The summed E-state index contributed by atoms with van der Waals surface area (Å²) < 4.78 is 41.4. The number of thioether (sulfide) groups is 1. The fraction of sp³-hybridized carbons (Fsp3) is 0.368. The summed E-state index contributed by atoms with van der Waals surface area (Å²) in [7, 11) is 6.28. The molecule has 9 heteroatoms. The molecule has 0 spiro atoms. The van der Waals surface area contributed by atoms with Gasteiger partial charge in [-0.15, -0.1) is 11.8 Å². The van der Waals surface area contributed by atoms with Crippen molar-refractivity contribution in [2.24, 2.45) is 4.99 Å².